The smallest absolute Gasteiger partial charge is 0.253 e. The maximum absolute atomic E-state index is 12.5. The molecule has 0 bridgehead atoms. The first kappa shape index (κ1) is 17.3. The lowest BCUT2D eigenvalue weighted by Crippen LogP contribution is -2.47. The third kappa shape index (κ3) is 4.31. The molecule has 1 heterocycles. The van der Waals surface area contributed by atoms with Crippen LogP contribution in [0, 0.1) is 0 Å². The van der Waals surface area contributed by atoms with E-state index < -0.39 is 0 Å². The van der Waals surface area contributed by atoms with Crippen LogP contribution >= 0.6 is 0 Å². The van der Waals surface area contributed by atoms with Crippen LogP contribution in [-0.4, -0.2) is 56.0 Å². The molecule has 0 N–H and O–H groups in total. The Morgan fingerprint density at radius 2 is 1.60 bits per heavy atom. The highest BCUT2D eigenvalue weighted by Gasteiger charge is 2.20. The molecule has 0 unspecified atom stereocenters. The van der Waals surface area contributed by atoms with Gasteiger partial charge in [0.1, 0.15) is 6.61 Å². The second kappa shape index (κ2) is 8.03. The first-order chi connectivity index (χ1) is 12.2. The molecule has 2 aromatic carbocycles. The number of benzene rings is 2. The molecule has 1 saturated heterocycles. The van der Waals surface area contributed by atoms with E-state index in [1.807, 2.05) is 53.4 Å². The Labute approximate surface area is 148 Å². The van der Waals surface area contributed by atoms with Crippen LogP contribution in [0.3, 0.4) is 0 Å². The highest BCUT2D eigenvalue weighted by molar-refractivity contribution is 5.94. The van der Waals surface area contributed by atoms with Crippen LogP contribution in [0.2, 0.25) is 0 Å². The summed E-state index contributed by atoms with van der Waals surface area (Å²) >= 11 is 0. The molecular formula is C20H24N2O3. The molecule has 132 valence electrons. The zero-order chi connectivity index (χ0) is 17.6. The van der Waals surface area contributed by atoms with Gasteiger partial charge in [-0.05, 0) is 36.9 Å². The van der Waals surface area contributed by atoms with E-state index in [0.29, 0.717) is 18.1 Å². The van der Waals surface area contributed by atoms with Gasteiger partial charge in [-0.25, -0.2) is 0 Å². The third-order valence-corrected chi connectivity index (χ3v) is 4.45. The SMILES string of the molecule is COc1ccccc1OCc1ccc(C(=O)N2CCN(C)CC2)cc1. The Kier molecular flexibility index (Phi) is 5.56. The third-order valence-electron chi connectivity index (χ3n) is 4.45. The van der Waals surface area contributed by atoms with Gasteiger partial charge in [-0.3, -0.25) is 4.79 Å². The Morgan fingerprint density at radius 3 is 2.24 bits per heavy atom. The fourth-order valence-corrected chi connectivity index (χ4v) is 2.83. The van der Waals surface area contributed by atoms with E-state index in [1.165, 1.54) is 0 Å². The van der Waals surface area contributed by atoms with Crippen molar-refractivity contribution in [1.82, 2.24) is 9.80 Å². The number of piperazine rings is 1. The van der Waals surface area contributed by atoms with E-state index in [1.54, 1.807) is 7.11 Å². The van der Waals surface area contributed by atoms with Crippen molar-refractivity contribution in [3.05, 3.63) is 59.7 Å². The quantitative estimate of drug-likeness (QED) is 0.839. The molecule has 5 heteroatoms. The second-order valence-electron chi connectivity index (χ2n) is 6.23. The minimum atomic E-state index is 0.102. The average Bonchev–Trinajstić information content (AvgIpc) is 2.67. The summed E-state index contributed by atoms with van der Waals surface area (Å²) in [4.78, 5) is 16.7. The van der Waals surface area contributed by atoms with E-state index in [2.05, 4.69) is 11.9 Å². The first-order valence-electron chi connectivity index (χ1n) is 8.50. The summed E-state index contributed by atoms with van der Waals surface area (Å²) in [7, 11) is 3.71. The zero-order valence-corrected chi connectivity index (χ0v) is 14.8. The van der Waals surface area contributed by atoms with Crippen molar-refractivity contribution in [1.29, 1.82) is 0 Å². The molecule has 0 saturated carbocycles. The minimum Gasteiger partial charge on any atom is -0.493 e. The number of ether oxygens (including phenoxy) is 2. The molecule has 0 radical (unpaired) electrons. The normalized spacial score (nSPS) is 15.0. The van der Waals surface area contributed by atoms with E-state index in [9.17, 15) is 4.79 Å². The number of hydrogen-bond donors (Lipinski definition) is 0. The van der Waals surface area contributed by atoms with Gasteiger partial charge >= 0.3 is 0 Å². The molecule has 5 nitrogen and oxygen atoms in total. The summed E-state index contributed by atoms with van der Waals surface area (Å²) in [5.41, 5.74) is 1.74. The molecule has 1 aliphatic rings. The molecule has 1 fully saturated rings. The van der Waals surface area contributed by atoms with Crippen molar-refractivity contribution >= 4 is 5.91 Å². The van der Waals surface area contributed by atoms with Crippen molar-refractivity contribution < 1.29 is 14.3 Å². The van der Waals surface area contributed by atoms with Gasteiger partial charge in [0.25, 0.3) is 5.91 Å². The Bertz CT molecular complexity index is 707. The van der Waals surface area contributed by atoms with Gasteiger partial charge in [-0.2, -0.15) is 0 Å². The van der Waals surface area contributed by atoms with Gasteiger partial charge in [0.15, 0.2) is 11.5 Å². The predicted octanol–water partition coefficient (Wildman–Crippen LogP) is 2.66. The minimum absolute atomic E-state index is 0.102. The molecule has 0 spiro atoms. The maximum atomic E-state index is 12.5. The van der Waals surface area contributed by atoms with Crippen molar-refractivity contribution in [3.8, 4) is 11.5 Å². The van der Waals surface area contributed by atoms with Crippen LogP contribution in [0.1, 0.15) is 15.9 Å². The van der Waals surface area contributed by atoms with Crippen LogP contribution in [0.15, 0.2) is 48.5 Å². The monoisotopic (exact) mass is 340 g/mol. The van der Waals surface area contributed by atoms with E-state index in [0.717, 1.165) is 37.3 Å². The molecule has 2 aromatic rings. The molecule has 1 amide bonds. The number of para-hydroxylation sites is 2. The Balaban J connectivity index is 1.59. The average molecular weight is 340 g/mol. The molecule has 3 rings (SSSR count). The van der Waals surface area contributed by atoms with Crippen LogP contribution < -0.4 is 9.47 Å². The lowest BCUT2D eigenvalue weighted by molar-refractivity contribution is 0.0664. The van der Waals surface area contributed by atoms with Gasteiger partial charge in [-0.1, -0.05) is 24.3 Å². The number of likely N-dealkylation sites (N-methyl/N-ethyl adjacent to an activating group) is 1. The summed E-state index contributed by atoms with van der Waals surface area (Å²) < 4.78 is 11.1. The van der Waals surface area contributed by atoms with Crippen LogP contribution in [0.4, 0.5) is 0 Å². The molecular weight excluding hydrogens is 316 g/mol. The van der Waals surface area contributed by atoms with Gasteiger partial charge in [-0.15, -0.1) is 0 Å². The predicted molar refractivity (Wildman–Crippen MR) is 97.2 cm³/mol. The standard InChI is InChI=1S/C20H24N2O3/c1-21-11-13-22(14-12-21)20(23)17-9-7-16(8-10-17)15-25-19-6-4-3-5-18(19)24-2/h3-10H,11-15H2,1-2H3. The number of amides is 1. The Hall–Kier alpha value is -2.53. The molecule has 25 heavy (non-hydrogen) atoms. The number of hydrogen-bond acceptors (Lipinski definition) is 4. The number of carbonyl (C=O) groups is 1. The molecule has 1 aliphatic heterocycles. The molecule has 0 aromatic heterocycles. The Morgan fingerprint density at radius 1 is 0.960 bits per heavy atom. The van der Waals surface area contributed by atoms with E-state index in [-0.39, 0.29) is 5.91 Å². The lowest BCUT2D eigenvalue weighted by Gasteiger charge is -2.32. The topological polar surface area (TPSA) is 42.0 Å². The number of rotatable bonds is 5. The van der Waals surface area contributed by atoms with Crippen molar-refractivity contribution in [2.75, 3.05) is 40.3 Å². The summed E-state index contributed by atoms with van der Waals surface area (Å²) in [6.07, 6.45) is 0. The van der Waals surface area contributed by atoms with Crippen LogP contribution in [0.5, 0.6) is 11.5 Å². The maximum Gasteiger partial charge on any atom is 0.253 e. The van der Waals surface area contributed by atoms with Gasteiger partial charge in [0.2, 0.25) is 0 Å². The second-order valence-corrected chi connectivity index (χ2v) is 6.23. The zero-order valence-electron chi connectivity index (χ0n) is 14.8. The highest BCUT2D eigenvalue weighted by Crippen LogP contribution is 2.26. The summed E-state index contributed by atoms with van der Waals surface area (Å²) in [5.74, 6) is 1.53. The van der Waals surface area contributed by atoms with Gasteiger partial charge in [0, 0.05) is 31.7 Å². The van der Waals surface area contributed by atoms with Crippen molar-refractivity contribution in [3.63, 3.8) is 0 Å². The molecule has 0 aliphatic carbocycles. The van der Waals surface area contributed by atoms with Crippen LogP contribution in [0.25, 0.3) is 0 Å². The number of carbonyl (C=O) groups excluding carboxylic acids is 1. The number of methoxy groups -OCH3 is 1. The van der Waals surface area contributed by atoms with Crippen LogP contribution in [-0.2, 0) is 6.61 Å². The fraction of sp³-hybridized carbons (Fsp3) is 0.350. The molecule has 0 atom stereocenters. The number of nitrogens with zero attached hydrogens (tertiary/aromatic N) is 2. The van der Waals surface area contributed by atoms with Crippen molar-refractivity contribution in [2.45, 2.75) is 6.61 Å². The largest absolute Gasteiger partial charge is 0.493 e. The van der Waals surface area contributed by atoms with Gasteiger partial charge < -0.3 is 19.3 Å². The first-order valence-corrected chi connectivity index (χ1v) is 8.50. The summed E-state index contributed by atoms with van der Waals surface area (Å²) in [5, 5.41) is 0. The lowest BCUT2D eigenvalue weighted by atomic mass is 10.1. The highest BCUT2D eigenvalue weighted by atomic mass is 16.5. The summed E-state index contributed by atoms with van der Waals surface area (Å²) in [6, 6.07) is 15.2. The van der Waals surface area contributed by atoms with Crippen molar-refractivity contribution in [2.24, 2.45) is 0 Å². The summed E-state index contributed by atoms with van der Waals surface area (Å²) in [6.45, 7) is 3.86. The van der Waals surface area contributed by atoms with E-state index >= 15 is 0 Å². The fourth-order valence-electron chi connectivity index (χ4n) is 2.83. The van der Waals surface area contributed by atoms with Gasteiger partial charge in [0.05, 0.1) is 7.11 Å². The van der Waals surface area contributed by atoms with E-state index in [4.69, 9.17) is 9.47 Å².